The van der Waals surface area contributed by atoms with Crippen LogP contribution in [0.3, 0.4) is 0 Å². The molecule has 2 fully saturated rings. The fourth-order valence-electron chi connectivity index (χ4n) is 4.00. The Kier molecular flexibility index (Phi) is 5.78. The van der Waals surface area contributed by atoms with Crippen LogP contribution < -0.4 is 9.80 Å². The van der Waals surface area contributed by atoms with Crippen molar-refractivity contribution in [1.82, 2.24) is 14.9 Å². The molecule has 1 aromatic heterocycles. The predicted octanol–water partition coefficient (Wildman–Crippen LogP) is 2.56. The molecule has 4 rings (SSSR count). The van der Waals surface area contributed by atoms with Crippen LogP contribution in [0.5, 0.6) is 0 Å². The first-order valence-corrected chi connectivity index (χ1v) is 10.3. The second kappa shape index (κ2) is 8.45. The Hall–Kier alpha value is -2.18. The van der Waals surface area contributed by atoms with Crippen molar-refractivity contribution < 1.29 is 4.74 Å². The number of aryl methyl sites for hydroxylation is 3. The topological polar surface area (TPSA) is 44.7 Å². The third-order valence-electron chi connectivity index (χ3n) is 5.71. The van der Waals surface area contributed by atoms with Crippen molar-refractivity contribution in [3.63, 3.8) is 0 Å². The fraction of sp³-hybridized carbons (Fsp3) is 0.545. The molecule has 0 saturated carbocycles. The van der Waals surface area contributed by atoms with Gasteiger partial charge in [0.25, 0.3) is 0 Å². The van der Waals surface area contributed by atoms with Crippen LogP contribution in [0.1, 0.15) is 22.4 Å². The molecule has 0 aliphatic carbocycles. The van der Waals surface area contributed by atoms with E-state index in [1.807, 2.05) is 0 Å². The van der Waals surface area contributed by atoms with Gasteiger partial charge in [-0.3, -0.25) is 4.90 Å². The van der Waals surface area contributed by atoms with E-state index in [9.17, 15) is 0 Å². The highest BCUT2D eigenvalue weighted by molar-refractivity contribution is 5.46. The van der Waals surface area contributed by atoms with Gasteiger partial charge in [-0.05, 0) is 31.9 Å². The molecular weight excluding hydrogens is 350 g/mol. The lowest BCUT2D eigenvalue weighted by Crippen LogP contribution is -2.47. The van der Waals surface area contributed by atoms with Crippen molar-refractivity contribution in [3.8, 4) is 0 Å². The van der Waals surface area contributed by atoms with E-state index < -0.39 is 0 Å². The van der Waals surface area contributed by atoms with E-state index in [1.165, 1.54) is 16.7 Å². The molecule has 150 valence electrons. The number of hydrogen-bond acceptors (Lipinski definition) is 6. The summed E-state index contributed by atoms with van der Waals surface area (Å²) in [6, 6.07) is 8.85. The lowest BCUT2D eigenvalue weighted by molar-refractivity contribution is 0.122. The summed E-state index contributed by atoms with van der Waals surface area (Å²) >= 11 is 0. The normalized spacial score (nSPS) is 18.5. The van der Waals surface area contributed by atoms with E-state index >= 15 is 0 Å². The van der Waals surface area contributed by atoms with Crippen LogP contribution in [0.15, 0.2) is 24.3 Å². The van der Waals surface area contributed by atoms with Crippen LogP contribution >= 0.6 is 0 Å². The number of aromatic nitrogens is 2. The molecule has 28 heavy (non-hydrogen) atoms. The number of piperazine rings is 1. The monoisotopic (exact) mass is 381 g/mol. The predicted molar refractivity (Wildman–Crippen MR) is 113 cm³/mol. The molecule has 0 atom stereocenters. The Morgan fingerprint density at radius 1 is 0.857 bits per heavy atom. The molecule has 0 N–H and O–H groups in total. The molecule has 6 nitrogen and oxygen atoms in total. The van der Waals surface area contributed by atoms with Gasteiger partial charge in [0.2, 0.25) is 5.95 Å². The number of ether oxygens (including phenoxy) is 1. The third kappa shape index (κ3) is 4.45. The van der Waals surface area contributed by atoms with E-state index in [-0.39, 0.29) is 0 Å². The van der Waals surface area contributed by atoms with Gasteiger partial charge in [0.15, 0.2) is 0 Å². The van der Waals surface area contributed by atoms with Crippen molar-refractivity contribution in [3.05, 3.63) is 46.6 Å². The van der Waals surface area contributed by atoms with Gasteiger partial charge in [-0.25, -0.2) is 4.98 Å². The van der Waals surface area contributed by atoms with Crippen LogP contribution in [0.4, 0.5) is 11.8 Å². The molecule has 0 radical (unpaired) electrons. The summed E-state index contributed by atoms with van der Waals surface area (Å²) in [5.41, 5.74) is 5.18. The maximum atomic E-state index is 5.47. The summed E-state index contributed by atoms with van der Waals surface area (Å²) in [6.45, 7) is 14.8. The molecule has 0 amide bonds. The van der Waals surface area contributed by atoms with Crippen LogP contribution in [-0.2, 0) is 11.3 Å². The molecule has 3 heterocycles. The first-order valence-electron chi connectivity index (χ1n) is 10.3. The van der Waals surface area contributed by atoms with Gasteiger partial charge in [-0.1, -0.05) is 23.8 Å². The Morgan fingerprint density at radius 2 is 1.61 bits per heavy atom. The molecule has 1 aromatic carbocycles. The molecule has 0 spiro atoms. The van der Waals surface area contributed by atoms with Crippen molar-refractivity contribution in [2.45, 2.75) is 27.3 Å². The fourth-order valence-corrected chi connectivity index (χ4v) is 4.00. The molecule has 0 bridgehead atoms. The number of hydrogen-bond donors (Lipinski definition) is 0. The average molecular weight is 382 g/mol. The Morgan fingerprint density at radius 3 is 2.32 bits per heavy atom. The van der Waals surface area contributed by atoms with Gasteiger partial charge in [0.05, 0.1) is 13.2 Å². The van der Waals surface area contributed by atoms with E-state index in [2.05, 4.69) is 59.7 Å². The first kappa shape index (κ1) is 19.2. The van der Waals surface area contributed by atoms with Crippen molar-refractivity contribution in [2.75, 3.05) is 62.3 Å². The Labute approximate surface area is 168 Å². The number of benzene rings is 1. The van der Waals surface area contributed by atoms with Crippen molar-refractivity contribution in [1.29, 1.82) is 0 Å². The summed E-state index contributed by atoms with van der Waals surface area (Å²) < 4.78 is 5.47. The number of anilines is 2. The summed E-state index contributed by atoms with van der Waals surface area (Å²) in [4.78, 5) is 16.8. The maximum Gasteiger partial charge on any atom is 0.227 e. The van der Waals surface area contributed by atoms with Gasteiger partial charge in [0, 0.05) is 57.6 Å². The zero-order valence-electron chi connectivity index (χ0n) is 17.3. The standard InChI is InChI=1S/C22H31N5O/c1-17-4-5-20(18(2)14-17)16-25-6-8-27(9-7-25)22-23-19(3)15-21(24-22)26-10-12-28-13-11-26/h4-5,14-15H,6-13,16H2,1-3H3. The molecule has 6 heteroatoms. The van der Waals surface area contributed by atoms with E-state index in [0.717, 1.165) is 76.5 Å². The summed E-state index contributed by atoms with van der Waals surface area (Å²) in [5, 5.41) is 0. The summed E-state index contributed by atoms with van der Waals surface area (Å²) in [7, 11) is 0. The zero-order valence-corrected chi connectivity index (χ0v) is 17.3. The van der Waals surface area contributed by atoms with Gasteiger partial charge in [-0.15, -0.1) is 0 Å². The average Bonchev–Trinajstić information content (AvgIpc) is 2.71. The van der Waals surface area contributed by atoms with E-state index in [4.69, 9.17) is 14.7 Å². The van der Waals surface area contributed by atoms with Crippen LogP contribution in [0, 0.1) is 20.8 Å². The van der Waals surface area contributed by atoms with Gasteiger partial charge in [0.1, 0.15) is 5.82 Å². The summed E-state index contributed by atoms with van der Waals surface area (Å²) in [5.74, 6) is 1.90. The molecule has 2 aliphatic heterocycles. The highest BCUT2D eigenvalue weighted by atomic mass is 16.5. The Balaban J connectivity index is 1.40. The van der Waals surface area contributed by atoms with Crippen LogP contribution in [-0.4, -0.2) is 67.4 Å². The minimum absolute atomic E-state index is 0.773. The molecular formula is C22H31N5O. The van der Waals surface area contributed by atoms with Crippen molar-refractivity contribution >= 4 is 11.8 Å². The second-order valence-electron chi connectivity index (χ2n) is 7.96. The van der Waals surface area contributed by atoms with Gasteiger partial charge >= 0.3 is 0 Å². The molecule has 2 aromatic rings. The number of morpholine rings is 1. The van der Waals surface area contributed by atoms with E-state index in [1.54, 1.807) is 0 Å². The second-order valence-corrected chi connectivity index (χ2v) is 7.96. The quantitative estimate of drug-likeness (QED) is 0.811. The number of nitrogens with zero attached hydrogens (tertiary/aromatic N) is 5. The Bertz CT molecular complexity index is 811. The SMILES string of the molecule is Cc1ccc(CN2CCN(c3nc(C)cc(N4CCOCC4)n3)CC2)c(C)c1. The molecule has 0 unspecified atom stereocenters. The summed E-state index contributed by atoms with van der Waals surface area (Å²) in [6.07, 6.45) is 0. The smallest absolute Gasteiger partial charge is 0.227 e. The maximum absolute atomic E-state index is 5.47. The molecule has 2 aliphatic rings. The lowest BCUT2D eigenvalue weighted by Gasteiger charge is -2.35. The third-order valence-corrected chi connectivity index (χ3v) is 5.71. The van der Waals surface area contributed by atoms with Gasteiger partial charge < -0.3 is 14.5 Å². The van der Waals surface area contributed by atoms with Gasteiger partial charge in [-0.2, -0.15) is 4.98 Å². The highest BCUT2D eigenvalue weighted by Gasteiger charge is 2.21. The minimum atomic E-state index is 0.773. The lowest BCUT2D eigenvalue weighted by atomic mass is 10.1. The van der Waals surface area contributed by atoms with Crippen LogP contribution in [0.2, 0.25) is 0 Å². The first-order chi connectivity index (χ1) is 13.6. The zero-order chi connectivity index (χ0) is 19.5. The largest absolute Gasteiger partial charge is 0.378 e. The highest BCUT2D eigenvalue weighted by Crippen LogP contribution is 2.21. The van der Waals surface area contributed by atoms with Crippen molar-refractivity contribution in [2.24, 2.45) is 0 Å². The van der Waals surface area contributed by atoms with E-state index in [0.29, 0.717) is 0 Å². The molecule has 2 saturated heterocycles. The minimum Gasteiger partial charge on any atom is -0.378 e. The van der Waals surface area contributed by atoms with Crippen LogP contribution in [0.25, 0.3) is 0 Å². The number of rotatable bonds is 4.